The highest BCUT2D eigenvalue weighted by Crippen LogP contribution is 2.37. The van der Waals surface area contributed by atoms with E-state index in [4.69, 9.17) is 4.74 Å². The number of carbonyl (C=O) groups excluding carboxylic acids is 2. The third-order valence-electron chi connectivity index (χ3n) is 5.06. The van der Waals surface area contributed by atoms with Crippen molar-refractivity contribution in [1.29, 1.82) is 0 Å². The topological polar surface area (TPSA) is 89.3 Å². The number of aromatic nitrogens is 3. The third-order valence-corrected chi connectivity index (χ3v) is 6.81. The van der Waals surface area contributed by atoms with Crippen LogP contribution in [-0.2, 0) is 16.6 Å². The minimum absolute atomic E-state index is 0.0152. The van der Waals surface area contributed by atoms with Gasteiger partial charge in [-0.05, 0) is 43.5 Å². The number of para-hydroxylation sites is 2. The number of thioether (sulfide) groups is 2. The fourth-order valence-electron chi connectivity index (χ4n) is 3.51. The summed E-state index contributed by atoms with van der Waals surface area (Å²) in [6.45, 7) is 1.89. The van der Waals surface area contributed by atoms with Gasteiger partial charge in [-0.1, -0.05) is 30.0 Å². The van der Waals surface area contributed by atoms with E-state index in [9.17, 15) is 9.59 Å². The smallest absolute Gasteiger partial charge is 0.265 e. The molecule has 0 bridgehead atoms. The molecule has 1 atom stereocenters. The summed E-state index contributed by atoms with van der Waals surface area (Å²) >= 11 is 2.92. The predicted octanol–water partition coefficient (Wildman–Crippen LogP) is 3.75. The van der Waals surface area contributed by atoms with Gasteiger partial charge in [-0.2, -0.15) is 0 Å². The van der Waals surface area contributed by atoms with E-state index in [1.165, 1.54) is 11.8 Å². The monoisotopic (exact) mass is 469 g/mol. The highest BCUT2D eigenvalue weighted by Gasteiger charge is 2.32. The van der Waals surface area contributed by atoms with Gasteiger partial charge >= 0.3 is 0 Å². The lowest BCUT2D eigenvalue weighted by molar-refractivity contribution is -0.121. The van der Waals surface area contributed by atoms with Crippen molar-refractivity contribution >= 4 is 46.7 Å². The standard InChI is InChI=1S/C22H23N5O3S2/c1-14(27-17-9-4-5-10-18(17)30-12-20(27)29)21-24-25-22(26(21)2)32-13-19(28)23-15-7-6-8-16(11-15)31-3/h4-11,14H,12-13H2,1-3H3,(H,23,28)/t14-/m0/s1. The maximum atomic E-state index is 12.6. The largest absolute Gasteiger partial charge is 0.482 e. The molecule has 3 aromatic rings. The number of hydrogen-bond acceptors (Lipinski definition) is 7. The molecule has 0 radical (unpaired) electrons. The van der Waals surface area contributed by atoms with E-state index in [-0.39, 0.29) is 30.2 Å². The lowest BCUT2D eigenvalue weighted by atomic mass is 10.1. The summed E-state index contributed by atoms with van der Waals surface area (Å²) in [5, 5.41) is 12.1. The molecule has 1 N–H and O–H groups in total. The Morgan fingerprint density at radius 3 is 2.84 bits per heavy atom. The van der Waals surface area contributed by atoms with Crippen LogP contribution in [0.5, 0.6) is 5.75 Å². The molecular formula is C22H23N5O3S2. The van der Waals surface area contributed by atoms with Crippen LogP contribution < -0.4 is 15.0 Å². The molecule has 0 unspecified atom stereocenters. The molecule has 32 heavy (non-hydrogen) atoms. The second-order valence-electron chi connectivity index (χ2n) is 7.16. The Morgan fingerprint density at radius 1 is 1.22 bits per heavy atom. The van der Waals surface area contributed by atoms with Crippen LogP contribution in [0.15, 0.2) is 58.6 Å². The molecule has 166 valence electrons. The molecule has 4 rings (SSSR count). The Morgan fingerprint density at radius 2 is 2.03 bits per heavy atom. The Labute approximate surface area is 194 Å². The fourth-order valence-corrected chi connectivity index (χ4v) is 4.68. The molecule has 2 amide bonds. The molecular weight excluding hydrogens is 446 g/mol. The van der Waals surface area contributed by atoms with Gasteiger partial charge in [-0.25, -0.2) is 0 Å². The van der Waals surface area contributed by atoms with Crippen LogP contribution >= 0.6 is 23.5 Å². The van der Waals surface area contributed by atoms with Gasteiger partial charge < -0.3 is 14.6 Å². The molecule has 0 saturated carbocycles. The molecule has 0 saturated heterocycles. The van der Waals surface area contributed by atoms with Crippen LogP contribution in [0.4, 0.5) is 11.4 Å². The number of benzene rings is 2. The number of ether oxygens (including phenoxy) is 1. The van der Waals surface area contributed by atoms with Gasteiger partial charge in [0.05, 0.1) is 17.5 Å². The van der Waals surface area contributed by atoms with Crippen molar-refractivity contribution in [2.45, 2.75) is 23.0 Å². The van der Waals surface area contributed by atoms with E-state index in [1.54, 1.807) is 16.7 Å². The SMILES string of the molecule is CSc1cccc(NC(=O)CSc2nnc([C@H](C)N3C(=O)COc4ccccc43)n2C)c1. The van der Waals surface area contributed by atoms with Crippen LogP contribution in [0.1, 0.15) is 18.8 Å². The Kier molecular flexibility index (Phi) is 6.71. The van der Waals surface area contributed by atoms with Gasteiger partial charge in [0.15, 0.2) is 17.6 Å². The molecule has 10 heteroatoms. The second kappa shape index (κ2) is 9.66. The number of nitrogens with zero attached hydrogens (tertiary/aromatic N) is 4. The minimum atomic E-state index is -0.345. The Hall–Kier alpha value is -2.98. The van der Waals surface area contributed by atoms with Crippen LogP contribution in [0.3, 0.4) is 0 Å². The summed E-state index contributed by atoms with van der Waals surface area (Å²) in [5.74, 6) is 1.23. The number of fused-ring (bicyclic) bond motifs is 1. The third kappa shape index (κ3) is 4.61. The summed E-state index contributed by atoms with van der Waals surface area (Å²) in [6.07, 6.45) is 1.99. The Balaban J connectivity index is 1.44. The summed E-state index contributed by atoms with van der Waals surface area (Å²) in [6, 6.07) is 14.8. The zero-order valence-electron chi connectivity index (χ0n) is 17.9. The van der Waals surface area contributed by atoms with Gasteiger partial charge in [-0.3, -0.25) is 14.5 Å². The van der Waals surface area contributed by atoms with Crippen LogP contribution in [0, 0.1) is 0 Å². The maximum absolute atomic E-state index is 12.6. The van der Waals surface area contributed by atoms with Gasteiger partial charge in [-0.15, -0.1) is 22.0 Å². The number of amides is 2. The van der Waals surface area contributed by atoms with Crippen LogP contribution in [0.25, 0.3) is 0 Å². The number of nitrogens with one attached hydrogen (secondary N) is 1. The van der Waals surface area contributed by atoms with Crippen molar-refractivity contribution in [2.75, 3.05) is 28.8 Å². The molecule has 0 aliphatic carbocycles. The van der Waals surface area contributed by atoms with Gasteiger partial charge in [0, 0.05) is 17.6 Å². The molecule has 2 aromatic carbocycles. The van der Waals surface area contributed by atoms with Crippen molar-refractivity contribution in [3.8, 4) is 5.75 Å². The lowest BCUT2D eigenvalue weighted by Gasteiger charge is -2.33. The lowest BCUT2D eigenvalue weighted by Crippen LogP contribution is -2.41. The highest BCUT2D eigenvalue weighted by molar-refractivity contribution is 7.99. The van der Waals surface area contributed by atoms with E-state index in [2.05, 4.69) is 15.5 Å². The van der Waals surface area contributed by atoms with Crippen LogP contribution in [0.2, 0.25) is 0 Å². The van der Waals surface area contributed by atoms with E-state index < -0.39 is 0 Å². The van der Waals surface area contributed by atoms with Gasteiger partial charge in [0.25, 0.3) is 5.91 Å². The normalized spacial score (nSPS) is 14.0. The van der Waals surface area contributed by atoms with E-state index >= 15 is 0 Å². The number of carbonyl (C=O) groups is 2. The zero-order chi connectivity index (χ0) is 22.7. The van der Waals surface area contributed by atoms with E-state index in [1.807, 2.05) is 73.3 Å². The number of rotatable bonds is 7. The molecule has 0 spiro atoms. The minimum Gasteiger partial charge on any atom is -0.482 e. The molecule has 2 heterocycles. The highest BCUT2D eigenvalue weighted by atomic mass is 32.2. The van der Waals surface area contributed by atoms with Crippen molar-refractivity contribution in [1.82, 2.24) is 14.8 Å². The first-order valence-electron chi connectivity index (χ1n) is 9.98. The van der Waals surface area contributed by atoms with E-state index in [0.717, 1.165) is 10.6 Å². The molecule has 8 nitrogen and oxygen atoms in total. The molecule has 1 aliphatic heterocycles. The maximum Gasteiger partial charge on any atom is 0.265 e. The van der Waals surface area contributed by atoms with Gasteiger partial charge in [0.2, 0.25) is 5.91 Å². The Bertz CT molecular complexity index is 1150. The quantitative estimate of drug-likeness (QED) is 0.527. The average molecular weight is 470 g/mol. The number of hydrogen-bond donors (Lipinski definition) is 1. The average Bonchev–Trinajstić information content (AvgIpc) is 3.17. The summed E-state index contributed by atoms with van der Waals surface area (Å²) in [5.41, 5.74) is 1.47. The predicted molar refractivity (Wildman–Crippen MR) is 126 cm³/mol. The fraction of sp³-hybridized carbons (Fsp3) is 0.273. The van der Waals surface area contributed by atoms with Crippen molar-refractivity contribution in [2.24, 2.45) is 7.05 Å². The summed E-state index contributed by atoms with van der Waals surface area (Å²) < 4.78 is 7.35. The van der Waals surface area contributed by atoms with E-state index in [0.29, 0.717) is 22.4 Å². The van der Waals surface area contributed by atoms with Crippen molar-refractivity contribution < 1.29 is 14.3 Å². The second-order valence-corrected chi connectivity index (χ2v) is 8.99. The molecule has 1 aromatic heterocycles. The first kappa shape index (κ1) is 22.2. The van der Waals surface area contributed by atoms with Gasteiger partial charge in [0.1, 0.15) is 5.75 Å². The zero-order valence-corrected chi connectivity index (χ0v) is 19.6. The molecule has 0 fully saturated rings. The summed E-state index contributed by atoms with van der Waals surface area (Å²) in [4.78, 5) is 27.8. The van der Waals surface area contributed by atoms with Crippen molar-refractivity contribution in [3.05, 3.63) is 54.4 Å². The first-order chi connectivity index (χ1) is 15.5. The number of anilines is 2. The first-order valence-corrected chi connectivity index (χ1v) is 12.2. The van der Waals surface area contributed by atoms with Crippen molar-refractivity contribution in [3.63, 3.8) is 0 Å². The summed E-state index contributed by atoms with van der Waals surface area (Å²) in [7, 11) is 1.84. The molecule has 1 aliphatic rings. The van der Waals surface area contributed by atoms with Crippen LogP contribution in [-0.4, -0.2) is 45.2 Å².